The second-order valence-electron chi connectivity index (χ2n) is 5.65. The first-order valence-electron chi connectivity index (χ1n) is 8.14. The molecule has 0 spiro atoms. The van der Waals surface area contributed by atoms with E-state index in [2.05, 4.69) is 31.0 Å². The lowest BCUT2D eigenvalue weighted by Gasteiger charge is -2.26. The highest BCUT2D eigenvalue weighted by atomic mass is 32.2. The number of thioether (sulfide) groups is 1. The van der Waals surface area contributed by atoms with Crippen LogP contribution in [0, 0.1) is 18.3 Å². The van der Waals surface area contributed by atoms with E-state index in [1.807, 2.05) is 13.0 Å². The maximum atomic E-state index is 8.71. The van der Waals surface area contributed by atoms with Crippen molar-refractivity contribution in [2.45, 2.75) is 12.1 Å². The molecule has 1 fully saturated rings. The fourth-order valence-electron chi connectivity index (χ4n) is 2.75. The minimum atomic E-state index is 0.303. The van der Waals surface area contributed by atoms with E-state index >= 15 is 0 Å². The van der Waals surface area contributed by atoms with Crippen molar-refractivity contribution in [3.05, 3.63) is 24.2 Å². The average Bonchev–Trinajstić information content (AvgIpc) is 3.11. The number of morpholine rings is 1. The molecule has 4 heterocycles. The summed E-state index contributed by atoms with van der Waals surface area (Å²) in [6.45, 7) is 4.88. The number of hydrogen-bond acceptors (Lipinski definition) is 9. The molecule has 0 atom stereocenters. The summed E-state index contributed by atoms with van der Waals surface area (Å²) in [4.78, 5) is 19.9. The molecule has 132 valence electrons. The molecule has 1 saturated heterocycles. The van der Waals surface area contributed by atoms with Crippen molar-refractivity contribution in [1.82, 2.24) is 29.5 Å². The molecule has 9 nitrogen and oxygen atoms in total. The molecule has 0 bridgehead atoms. The van der Waals surface area contributed by atoms with Gasteiger partial charge in [0.25, 0.3) is 5.78 Å². The van der Waals surface area contributed by atoms with Crippen LogP contribution in [-0.2, 0) is 4.74 Å². The zero-order valence-electron chi connectivity index (χ0n) is 14.2. The van der Waals surface area contributed by atoms with Gasteiger partial charge in [0, 0.05) is 31.0 Å². The Bertz CT molecular complexity index is 976. The van der Waals surface area contributed by atoms with Crippen LogP contribution in [0.5, 0.6) is 0 Å². The Morgan fingerprint density at radius 1 is 1.27 bits per heavy atom. The molecule has 0 aromatic carbocycles. The van der Waals surface area contributed by atoms with Crippen LogP contribution in [0.4, 0.5) is 5.95 Å². The van der Waals surface area contributed by atoms with Crippen LogP contribution in [0.2, 0.25) is 0 Å². The zero-order valence-corrected chi connectivity index (χ0v) is 15.0. The van der Waals surface area contributed by atoms with E-state index < -0.39 is 0 Å². The van der Waals surface area contributed by atoms with Gasteiger partial charge in [-0.25, -0.2) is 15.0 Å². The second-order valence-corrected chi connectivity index (χ2v) is 6.59. The number of rotatable bonds is 4. The highest BCUT2D eigenvalue weighted by molar-refractivity contribution is 7.99. The van der Waals surface area contributed by atoms with Crippen LogP contribution >= 0.6 is 11.8 Å². The summed E-state index contributed by atoms with van der Waals surface area (Å²) >= 11 is 1.29. The molecule has 4 rings (SSSR count). The predicted molar refractivity (Wildman–Crippen MR) is 95.9 cm³/mol. The molecule has 1 aliphatic heterocycles. The van der Waals surface area contributed by atoms with Crippen molar-refractivity contribution in [1.29, 1.82) is 5.26 Å². The molecule has 26 heavy (non-hydrogen) atoms. The molecule has 3 aromatic rings. The second kappa shape index (κ2) is 7.23. The maximum Gasteiger partial charge on any atom is 0.253 e. The molecule has 0 N–H and O–H groups in total. The van der Waals surface area contributed by atoms with Crippen molar-refractivity contribution < 1.29 is 4.74 Å². The Morgan fingerprint density at radius 2 is 2.12 bits per heavy atom. The van der Waals surface area contributed by atoms with Gasteiger partial charge in [-0.1, -0.05) is 11.8 Å². The van der Waals surface area contributed by atoms with Crippen molar-refractivity contribution in [2.75, 3.05) is 37.0 Å². The van der Waals surface area contributed by atoms with Gasteiger partial charge in [-0.15, -0.1) is 5.10 Å². The van der Waals surface area contributed by atoms with Gasteiger partial charge in [-0.2, -0.15) is 14.8 Å². The molecule has 1 aliphatic rings. The third-order valence-electron chi connectivity index (χ3n) is 4.07. The lowest BCUT2D eigenvalue weighted by Crippen LogP contribution is -2.37. The Hall–Kier alpha value is -2.77. The lowest BCUT2D eigenvalue weighted by atomic mass is 10.2. The Kier molecular flexibility index (Phi) is 4.64. The van der Waals surface area contributed by atoms with Gasteiger partial charge in [0.2, 0.25) is 11.1 Å². The minimum absolute atomic E-state index is 0.303. The van der Waals surface area contributed by atoms with Gasteiger partial charge >= 0.3 is 0 Å². The van der Waals surface area contributed by atoms with E-state index in [4.69, 9.17) is 15.0 Å². The molecule has 0 radical (unpaired) electrons. The first-order valence-corrected chi connectivity index (χ1v) is 9.13. The van der Waals surface area contributed by atoms with Gasteiger partial charge in [-0.3, -0.25) is 0 Å². The van der Waals surface area contributed by atoms with E-state index in [-0.39, 0.29) is 0 Å². The number of aryl methyl sites for hydroxylation is 1. The van der Waals surface area contributed by atoms with Crippen LogP contribution in [0.15, 0.2) is 23.6 Å². The minimum Gasteiger partial charge on any atom is -0.378 e. The number of fused-ring (bicyclic) bond motifs is 1. The van der Waals surface area contributed by atoms with Gasteiger partial charge in [0.05, 0.1) is 36.4 Å². The first kappa shape index (κ1) is 16.7. The number of hydrogen-bond donors (Lipinski definition) is 0. The van der Waals surface area contributed by atoms with Crippen molar-refractivity contribution in [3.63, 3.8) is 0 Å². The summed E-state index contributed by atoms with van der Waals surface area (Å²) < 4.78 is 7.07. The topological polar surface area (TPSA) is 105 Å². The van der Waals surface area contributed by atoms with Gasteiger partial charge in [0.15, 0.2) is 0 Å². The summed E-state index contributed by atoms with van der Waals surface area (Å²) in [5.74, 6) is 1.50. The monoisotopic (exact) mass is 368 g/mol. The van der Waals surface area contributed by atoms with Crippen LogP contribution in [0.25, 0.3) is 17.0 Å². The highest BCUT2D eigenvalue weighted by Crippen LogP contribution is 2.23. The standard InChI is InChI=1S/C16H16N8OS/c1-11-12(10-19-15-21-16(22-24(11)15)26-9-3-17)13-2-4-18-14(20-13)23-5-7-25-8-6-23/h2,4,10H,5-9H2,1H3. The SMILES string of the molecule is Cc1c(-c2ccnc(N3CCOCC3)n2)cnc2nc(SCC#N)nn12. The highest BCUT2D eigenvalue weighted by Gasteiger charge is 2.17. The fraction of sp³-hybridized carbons (Fsp3) is 0.375. The number of anilines is 1. The quantitative estimate of drug-likeness (QED) is 0.631. The van der Waals surface area contributed by atoms with Crippen LogP contribution in [-0.4, -0.2) is 61.6 Å². The van der Waals surface area contributed by atoms with Crippen LogP contribution < -0.4 is 4.90 Å². The summed E-state index contributed by atoms with van der Waals surface area (Å²) in [5, 5.41) is 13.7. The Balaban J connectivity index is 1.70. The molecular formula is C16H16N8OS. The van der Waals surface area contributed by atoms with Crippen molar-refractivity contribution >= 4 is 23.5 Å². The first-order chi connectivity index (χ1) is 12.8. The lowest BCUT2D eigenvalue weighted by molar-refractivity contribution is 0.122. The van der Waals surface area contributed by atoms with Crippen molar-refractivity contribution in [2.24, 2.45) is 0 Å². The normalized spacial score (nSPS) is 14.5. The smallest absolute Gasteiger partial charge is 0.253 e. The van der Waals surface area contributed by atoms with Crippen LogP contribution in [0.3, 0.4) is 0 Å². The summed E-state index contributed by atoms with van der Waals surface area (Å²) in [5.41, 5.74) is 2.55. The van der Waals surface area contributed by atoms with E-state index in [0.29, 0.717) is 35.8 Å². The average molecular weight is 368 g/mol. The molecule has 0 aliphatic carbocycles. The summed E-state index contributed by atoms with van der Waals surface area (Å²) in [7, 11) is 0. The van der Waals surface area contributed by atoms with E-state index in [1.165, 1.54) is 11.8 Å². The van der Waals surface area contributed by atoms with Crippen molar-refractivity contribution in [3.8, 4) is 17.3 Å². The number of ether oxygens (including phenoxy) is 1. The molecule has 0 amide bonds. The number of nitrogens with zero attached hydrogens (tertiary/aromatic N) is 8. The molecule has 0 saturated carbocycles. The Labute approximate surface area is 154 Å². The Morgan fingerprint density at radius 3 is 2.92 bits per heavy atom. The van der Waals surface area contributed by atoms with E-state index in [9.17, 15) is 0 Å². The third kappa shape index (κ3) is 3.18. The molecular weight excluding hydrogens is 352 g/mol. The molecule has 3 aromatic heterocycles. The molecule has 0 unspecified atom stereocenters. The third-order valence-corrected chi connectivity index (χ3v) is 4.77. The number of nitriles is 1. The van der Waals surface area contributed by atoms with Crippen LogP contribution in [0.1, 0.15) is 5.69 Å². The van der Waals surface area contributed by atoms with Gasteiger partial charge in [0.1, 0.15) is 0 Å². The fourth-order valence-corrected chi connectivity index (χ4v) is 3.23. The van der Waals surface area contributed by atoms with Gasteiger partial charge < -0.3 is 9.64 Å². The largest absolute Gasteiger partial charge is 0.378 e. The molecule has 10 heteroatoms. The zero-order chi connectivity index (χ0) is 17.9. The van der Waals surface area contributed by atoms with E-state index in [0.717, 1.165) is 30.0 Å². The van der Waals surface area contributed by atoms with E-state index in [1.54, 1.807) is 16.9 Å². The summed E-state index contributed by atoms with van der Waals surface area (Å²) in [6.07, 6.45) is 3.51. The number of aromatic nitrogens is 6. The van der Waals surface area contributed by atoms with Gasteiger partial charge in [-0.05, 0) is 13.0 Å². The summed E-state index contributed by atoms with van der Waals surface area (Å²) in [6, 6.07) is 3.94. The predicted octanol–water partition coefficient (Wildman–Crippen LogP) is 1.34. The maximum absolute atomic E-state index is 8.71.